The molecule has 2 rings (SSSR count). The summed E-state index contributed by atoms with van der Waals surface area (Å²) >= 11 is 0. The Morgan fingerprint density at radius 1 is 1.00 bits per heavy atom. The van der Waals surface area contributed by atoms with Gasteiger partial charge in [0, 0.05) is 11.3 Å². The molecule has 18 heavy (non-hydrogen) atoms. The average molecular weight is 247 g/mol. The molecule has 0 heterocycles. The van der Waals surface area contributed by atoms with Gasteiger partial charge in [0.05, 0.1) is 0 Å². The van der Waals surface area contributed by atoms with Crippen molar-refractivity contribution in [1.29, 1.82) is 0 Å². The largest absolute Gasteiger partial charge is 0.504 e. The number of hydrogen-bond acceptors (Lipinski definition) is 3. The van der Waals surface area contributed by atoms with E-state index < -0.39 is 11.7 Å². The van der Waals surface area contributed by atoms with Gasteiger partial charge in [0.2, 0.25) is 0 Å². The molecule has 0 atom stereocenters. The van der Waals surface area contributed by atoms with E-state index in [2.05, 4.69) is 5.32 Å². The van der Waals surface area contributed by atoms with Crippen molar-refractivity contribution < 1.29 is 19.4 Å². The Bertz CT molecular complexity index is 581. The summed E-state index contributed by atoms with van der Waals surface area (Å²) in [7, 11) is 0. The minimum Gasteiger partial charge on any atom is -0.504 e. The molecule has 2 aromatic rings. The fraction of sp³-hybridized carbons (Fsp3) is 0. The number of halogens is 1. The molecule has 0 aliphatic heterocycles. The molecule has 2 aromatic carbocycles. The second-order valence-corrected chi connectivity index (χ2v) is 3.66. The third kappa shape index (κ3) is 2.57. The van der Waals surface area contributed by atoms with Crippen LogP contribution in [0.4, 0.5) is 10.1 Å². The minimum atomic E-state index is -0.461. The van der Waals surface area contributed by atoms with Gasteiger partial charge in [-0.2, -0.15) is 0 Å². The van der Waals surface area contributed by atoms with E-state index in [-0.39, 0.29) is 17.1 Å². The van der Waals surface area contributed by atoms with Crippen LogP contribution in [0.5, 0.6) is 11.5 Å². The lowest BCUT2D eigenvalue weighted by molar-refractivity contribution is 0.102. The van der Waals surface area contributed by atoms with Crippen LogP contribution in [0.2, 0.25) is 0 Å². The molecule has 0 unspecified atom stereocenters. The highest BCUT2D eigenvalue weighted by Crippen LogP contribution is 2.25. The summed E-state index contributed by atoms with van der Waals surface area (Å²) in [5.74, 6) is -1.53. The highest BCUT2D eigenvalue weighted by molar-refractivity contribution is 6.04. The number of phenolic OH excluding ortho intramolecular Hbond substituents is 2. The Hall–Kier alpha value is -2.56. The van der Waals surface area contributed by atoms with Crippen molar-refractivity contribution in [2.75, 3.05) is 5.32 Å². The molecule has 0 aliphatic carbocycles. The molecule has 0 saturated carbocycles. The van der Waals surface area contributed by atoms with Crippen LogP contribution in [0, 0.1) is 5.82 Å². The number of anilines is 1. The van der Waals surface area contributed by atoms with Gasteiger partial charge < -0.3 is 15.5 Å². The molecule has 0 aromatic heterocycles. The standard InChI is InChI=1S/C13H10FNO3/c14-9-2-4-10(5-3-9)15-13(18)8-1-6-11(16)12(17)7-8/h1-7,16-17H,(H,15,18). The van der Waals surface area contributed by atoms with Gasteiger partial charge in [-0.3, -0.25) is 4.79 Å². The topological polar surface area (TPSA) is 69.6 Å². The van der Waals surface area contributed by atoms with Gasteiger partial charge in [0.1, 0.15) is 5.82 Å². The average Bonchev–Trinajstić information content (AvgIpc) is 2.35. The molecule has 0 fully saturated rings. The SMILES string of the molecule is O=C(Nc1ccc(F)cc1)c1ccc(O)c(O)c1. The van der Waals surface area contributed by atoms with E-state index in [9.17, 15) is 14.3 Å². The highest BCUT2D eigenvalue weighted by Gasteiger charge is 2.09. The van der Waals surface area contributed by atoms with Crippen molar-refractivity contribution in [3.63, 3.8) is 0 Å². The van der Waals surface area contributed by atoms with Gasteiger partial charge in [0.25, 0.3) is 5.91 Å². The fourth-order valence-electron chi connectivity index (χ4n) is 1.40. The number of carbonyl (C=O) groups is 1. The van der Waals surface area contributed by atoms with E-state index in [1.54, 1.807) is 0 Å². The molecular formula is C13H10FNO3. The quantitative estimate of drug-likeness (QED) is 0.714. The number of aromatic hydroxyl groups is 2. The molecule has 3 N–H and O–H groups in total. The molecule has 5 heteroatoms. The number of amides is 1. The first-order chi connectivity index (χ1) is 8.56. The van der Waals surface area contributed by atoms with Crippen molar-refractivity contribution in [1.82, 2.24) is 0 Å². The lowest BCUT2D eigenvalue weighted by atomic mass is 10.2. The molecule has 0 saturated heterocycles. The summed E-state index contributed by atoms with van der Waals surface area (Å²) in [6.45, 7) is 0. The van der Waals surface area contributed by atoms with Crippen LogP contribution < -0.4 is 5.32 Å². The predicted molar refractivity (Wildman–Crippen MR) is 64.1 cm³/mol. The van der Waals surface area contributed by atoms with Crippen molar-refractivity contribution >= 4 is 11.6 Å². The van der Waals surface area contributed by atoms with E-state index in [1.165, 1.54) is 36.4 Å². The van der Waals surface area contributed by atoms with Crippen molar-refractivity contribution in [2.24, 2.45) is 0 Å². The summed E-state index contributed by atoms with van der Waals surface area (Å²) in [6, 6.07) is 9.03. The maximum Gasteiger partial charge on any atom is 0.255 e. The Balaban J connectivity index is 2.16. The van der Waals surface area contributed by atoms with Crippen LogP contribution in [0.1, 0.15) is 10.4 Å². The zero-order chi connectivity index (χ0) is 13.1. The van der Waals surface area contributed by atoms with Crippen molar-refractivity contribution in [3.8, 4) is 11.5 Å². The summed E-state index contributed by atoms with van der Waals surface area (Å²) in [6.07, 6.45) is 0. The fourth-order valence-corrected chi connectivity index (χ4v) is 1.40. The third-order valence-corrected chi connectivity index (χ3v) is 2.34. The first kappa shape index (κ1) is 11.9. The molecule has 0 aliphatic rings. The van der Waals surface area contributed by atoms with E-state index in [4.69, 9.17) is 5.11 Å². The lowest BCUT2D eigenvalue weighted by Gasteiger charge is -2.06. The van der Waals surface area contributed by atoms with E-state index in [0.29, 0.717) is 5.69 Å². The molecule has 92 valence electrons. The second-order valence-electron chi connectivity index (χ2n) is 3.66. The van der Waals surface area contributed by atoms with Gasteiger partial charge in [-0.1, -0.05) is 0 Å². The van der Waals surface area contributed by atoms with Gasteiger partial charge >= 0.3 is 0 Å². The highest BCUT2D eigenvalue weighted by atomic mass is 19.1. The molecular weight excluding hydrogens is 237 g/mol. The van der Waals surface area contributed by atoms with E-state index in [1.807, 2.05) is 0 Å². The number of rotatable bonds is 2. The molecule has 0 spiro atoms. The Morgan fingerprint density at radius 2 is 1.67 bits per heavy atom. The maximum absolute atomic E-state index is 12.7. The van der Waals surface area contributed by atoms with Crippen LogP contribution in [-0.4, -0.2) is 16.1 Å². The first-order valence-corrected chi connectivity index (χ1v) is 5.15. The Morgan fingerprint density at radius 3 is 2.28 bits per heavy atom. The number of carbonyl (C=O) groups excluding carboxylic acids is 1. The second kappa shape index (κ2) is 4.75. The van der Waals surface area contributed by atoms with Crippen molar-refractivity contribution in [3.05, 3.63) is 53.8 Å². The Labute approximate surface area is 102 Å². The zero-order valence-corrected chi connectivity index (χ0v) is 9.22. The summed E-state index contributed by atoms with van der Waals surface area (Å²) in [5.41, 5.74) is 0.628. The number of nitrogens with one attached hydrogen (secondary N) is 1. The summed E-state index contributed by atoms with van der Waals surface area (Å²) < 4.78 is 12.7. The molecule has 4 nitrogen and oxygen atoms in total. The van der Waals surface area contributed by atoms with Crippen LogP contribution in [0.15, 0.2) is 42.5 Å². The normalized spacial score (nSPS) is 10.1. The lowest BCUT2D eigenvalue weighted by Crippen LogP contribution is -2.11. The van der Waals surface area contributed by atoms with Crippen LogP contribution in [0.25, 0.3) is 0 Å². The number of benzene rings is 2. The monoisotopic (exact) mass is 247 g/mol. The predicted octanol–water partition coefficient (Wildman–Crippen LogP) is 2.49. The van der Waals surface area contributed by atoms with Gasteiger partial charge in [-0.15, -0.1) is 0 Å². The van der Waals surface area contributed by atoms with Crippen LogP contribution in [0.3, 0.4) is 0 Å². The van der Waals surface area contributed by atoms with Crippen LogP contribution in [-0.2, 0) is 0 Å². The number of hydrogen-bond donors (Lipinski definition) is 3. The van der Waals surface area contributed by atoms with E-state index in [0.717, 1.165) is 6.07 Å². The summed E-state index contributed by atoms with van der Waals surface area (Å²) in [4.78, 5) is 11.8. The zero-order valence-electron chi connectivity index (χ0n) is 9.22. The molecule has 1 amide bonds. The first-order valence-electron chi connectivity index (χ1n) is 5.15. The van der Waals surface area contributed by atoms with Gasteiger partial charge in [-0.25, -0.2) is 4.39 Å². The smallest absolute Gasteiger partial charge is 0.255 e. The summed E-state index contributed by atoms with van der Waals surface area (Å²) in [5, 5.41) is 20.9. The minimum absolute atomic E-state index is 0.189. The van der Waals surface area contributed by atoms with Gasteiger partial charge in [0.15, 0.2) is 11.5 Å². The van der Waals surface area contributed by atoms with Gasteiger partial charge in [-0.05, 0) is 42.5 Å². The van der Waals surface area contributed by atoms with E-state index >= 15 is 0 Å². The molecule has 0 bridgehead atoms. The molecule has 0 radical (unpaired) electrons. The van der Waals surface area contributed by atoms with Crippen molar-refractivity contribution in [2.45, 2.75) is 0 Å². The third-order valence-electron chi connectivity index (χ3n) is 2.34. The Kier molecular flexibility index (Phi) is 3.14. The number of phenols is 2. The maximum atomic E-state index is 12.7. The van der Waals surface area contributed by atoms with Crippen LogP contribution >= 0.6 is 0 Å².